The minimum absolute atomic E-state index is 0.0118. The monoisotopic (exact) mass is 451 g/mol. The zero-order chi connectivity index (χ0) is 22.1. The van der Waals surface area contributed by atoms with E-state index in [4.69, 9.17) is 16.6 Å². The number of nitro groups is 1. The summed E-state index contributed by atoms with van der Waals surface area (Å²) in [6.07, 6.45) is 0. The molecule has 6 nitrogen and oxygen atoms in total. The Kier molecular flexibility index (Phi) is 5.71. The van der Waals surface area contributed by atoms with Crippen molar-refractivity contribution in [1.29, 1.82) is 0 Å². The lowest BCUT2D eigenvalue weighted by Crippen LogP contribution is -2.30. The minimum Gasteiger partial charge on any atom is -0.279 e. The van der Waals surface area contributed by atoms with E-state index in [2.05, 4.69) is 6.07 Å². The van der Waals surface area contributed by atoms with E-state index < -0.39 is 4.92 Å². The molecule has 0 aliphatic carbocycles. The van der Waals surface area contributed by atoms with E-state index >= 15 is 0 Å². The second kappa shape index (κ2) is 8.45. The van der Waals surface area contributed by atoms with E-state index in [-0.39, 0.29) is 28.7 Å². The molecule has 0 unspecified atom stereocenters. The van der Waals surface area contributed by atoms with Gasteiger partial charge >= 0.3 is 0 Å². The average molecular weight is 452 g/mol. The van der Waals surface area contributed by atoms with Gasteiger partial charge in [0.1, 0.15) is 5.02 Å². The molecular formula is C23H18ClN3O3S. The first-order chi connectivity index (χ1) is 14.8. The third-order valence-electron chi connectivity index (χ3n) is 4.87. The number of nitrogens with zero attached hydrogens (tertiary/aromatic N) is 3. The topological polar surface area (TPSA) is 76.3 Å². The van der Waals surface area contributed by atoms with Crippen LogP contribution >= 0.6 is 22.9 Å². The Morgan fingerprint density at radius 1 is 1.13 bits per heavy atom. The SMILES string of the molecule is Cc1cc(C)c2nc(N(Cc3ccccc3)C(=O)c3ccc(Cl)c([N+](=O)[O-])c3)sc2c1. The Labute approximate surface area is 187 Å². The lowest BCUT2D eigenvalue weighted by Gasteiger charge is -2.20. The number of hydrogen-bond acceptors (Lipinski definition) is 5. The second-order valence-corrected chi connectivity index (χ2v) is 8.64. The van der Waals surface area contributed by atoms with Gasteiger partial charge < -0.3 is 0 Å². The molecule has 0 fully saturated rings. The van der Waals surface area contributed by atoms with E-state index in [0.717, 1.165) is 26.9 Å². The fourth-order valence-electron chi connectivity index (χ4n) is 3.41. The molecule has 31 heavy (non-hydrogen) atoms. The molecule has 0 atom stereocenters. The molecule has 1 aromatic heterocycles. The van der Waals surface area contributed by atoms with Gasteiger partial charge in [-0.3, -0.25) is 19.8 Å². The Bertz CT molecular complexity index is 1300. The van der Waals surface area contributed by atoms with Crippen molar-refractivity contribution in [1.82, 2.24) is 4.98 Å². The van der Waals surface area contributed by atoms with Crippen molar-refractivity contribution in [3.05, 3.63) is 98.1 Å². The molecule has 0 spiro atoms. The van der Waals surface area contributed by atoms with E-state index in [0.29, 0.717) is 5.13 Å². The number of benzene rings is 3. The van der Waals surface area contributed by atoms with Gasteiger partial charge in [-0.15, -0.1) is 0 Å². The van der Waals surface area contributed by atoms with Gasteiger partial charge in [-0.1, -0.05) is 59.3 Å². The van der Waals surface area contributed by atoms with Crippen molar-refractivity contribution < 1.29 is 9.72 Å². The molecule has 0 radical (unpaired) electrons. The van der Waals surface area contributed by atoms with Gasteiger partial charge in [-0.25, -0.2) is 4.98 Å². The van der Waals surface area contributed by atoms with Gasteiger partial charge in [0, 0.05) is 11.6 Å². The largest absolute Gasteiger partial charge is 0.288 e. The van der Waals surface area contributed by atoms with Crippen LogP contribution < -0.4 is 4.90 Å². The van der Waals surface area contributed by atoms with Crippen molar-refractivity contribution in [2.45, 2.75) is 20.4 Å². The number of thiazole rings is 1. The summed E-state index contributed by atoms with van der Waals surface area (Å²) in [6.45, 7) is 4.30. The van der Waals surface area contributed by atoms with Crippen LogP contribution in [0, 0.1) is 24.0 Å². The van der Waals surface area contributed by atoms with E-state index in [1.54, 1.807) is 4.90 Å². The summed E-state index contributed by atoms with van der Waals surface area (Å²) in [4.78, 5) is 30.5. The minimum atomic E-state index is -0.593. The lowest BCUT2D eigenvalue weighted by molar-refractivity contribution is -0.384. The molecule has 0 saturated heterocycles. The van der Waals surface area contributed by atoms with Crippen LogP contribution in [0.4, 0.5) is 10.8 Å². The number of halogens is 1. The normalized spacial score (nSPS) is 10.9. The first kappa shape index (κ1) is 21.0. The molecule has 156 valence electrons. The third kappa shape index (κ3) is 4.28. The average Bonchev–Trinajstić information content (AvgIpc) is 3.16. The van der Waals surface area contributed by atoms with Crippen molar-refractivity contribution in [2.24, 2.45) is 0 Å². The standard InChI is InChI=1S/C23H18ClN3O3S/c1-14-10-15(2)21-20(11-14)31-23(25-21)26(13-16-6-4-3-5-7-16)22(28)17-8-9-18(24)19(12-17)27(29)30/h3-12H,13H2,1-2H3. The number of amides is 1. The Morgan fingerprint density at radius 3 is 2.58 bits per heavy atom. The molecule has 4 aromatic rings. The van der Waals surface area contributed by atoms with E-state index in [1.807, 2.05) is 50.2 Å². The molecule has 3 aromatic carbocycles. The van der Waals surface area contributed by atoms with Crippen LogP contribution in [0.15, 0.2) is 60.7 Å². The maximum atomic E-state index is 13.5. The number of anilines is 1. The first-order valence-corrected chi connectivity index (χ1v) is 10.7. The molecule has 4 rings (SSSR count). The molecular weight excluding hydrogens is 434 g/mol. The van der Waals surface area contributed by atoms with Crippen LogP contribution in [-0.4, -0.2) is 15.8 Å². The van der Waals surface area contributed by atoms with Crippen LogP contribution in [-0.2, 0) is 6.54 Å². The van der Waals surface area contributed by atoms with E-state index in [1.165, 1.54) is 29.5 Å². The second-order valence-electron chi connectivity index (χ2n) is 7.23. The predicted molar refractivity (Wildman–Crippen MR) is 124 cm³/mol. The smallest absolute Gasteiger partial charge is 0.279 e. The summed E-state index contributed by atoms with van der Waals surface area (Å²) in [6, 6.07) is 17.7. The van der Waals surface area contributed by atoms with Gasteiger partial charge in [0.2, 0.25) is 0 Å². The fraction of sp³-hybridized carbons (Fsp3) is 0.130. The molecule has 0 N–H and O–H groups in total. The fourth-order valence-corrected chi connectivity index (χ4v) is 4.73. The summed E-state index contributed by atoms with van der Waals surface area (Å²) >= 11 is 7.35. The van der Waals surface area contributed by atoms with Crippen LogP contribution in [0.3, 0.4) is 0 Å². The maximum Gasteiger partial charge on any atom is 0.288 e. The highest BCUT2D eigenvalue weighted by molar-refractivity contribution is 7.22. The van der Waals surface area contributed by atoms with Crippen LogP contribution in [0.5, 0.6) is 0 Å². The Balaban J connectivity index is 1.82. The number of rotatable bonds is 5. The molecule has 1 heterocycles. The Hall–Kier alpha value is -3.29. The van der Waals surface area contributed by atoms with Crippen molar-refractivity contribution in [2.75, 3.05) is 4.90 Å². The van der Waals surface area contributed by atoms with Crippen LogP contribution in [0.2, 0.25) is 5.02 Å². The van der Waals surface area contributed by atoms with E-state index in [9.17, 15) is 14.9 Å². The van der Waals surface area contributed by atoms with Crippen molar-refractivity contribution >= 4 is 49.9 Å². The summed E-state index contributed by atoms with van der Waals surface area (Å²) in [5.41, 5.74) is 3.80. The first-order valence-electron chi connectivity index (χ1n) is 9.51. The zero-order valence-corrected chi connectivity index (χ0v) is 18.4. The summed E-state index contributed by atoms with van der Waals surface area (Å²) in [7, 11) is 0. The van der Waals surface area contributed by atoms with Crippen LogP contribution in [0.25, 0.3) is 10.2 Å². The van der Waals surface area contributed by atoms with Crippen molar-refractivity contribution in [3.63, 3.8) is 0 Å². The quantitative estimate of drug-likeness (QED) is 0.262. The highest BCUT2D eigenvalue weighted by Crippen LogP contribution is 2.34. The van der Waals surface area contributed by atoms with Crippen LogP contribution in [0.1, 0.15) is 27.0 Å². The molecule has 1 amide bonds. The maximum absolute atomic E-state index is 13.5. The van der Waals surface area contributed by atoms with Gasteiger partial charge in [-0.2, -0.15) is 0 Å². The molecule has 0 aliphatic rings. The number of aromatic nitrogens is 1. The third-order valence-corrected chi connectivity index (χ3v) is 6.21. The molecule has 0 bridgehead atoms. The molecule has 0 saturated carbocycles. The zero-order valence-electron chi connectivity index (χ0n) is 16.8. The highest BCUT2D eigenvalue weighted by Gasteiger charge is 2.25. The Morgan fingerprint density at radius 2 is 1.87 bits per heavy atom. The number of carbonyl (C=O) groups excluding carboxylic acids is 1. The van der Waals surface area contributed by atoms with Gasteiger partial charge in [0.25, 0.3) is 11.6 Å². The predicted octanol–water partition coefficient (Wildman–Crippen LogP) is 6.32. The summed E-state index contributed by atoms with van der Waals surface area (Å²) in [5.74, 6) is -0.378. The summed E-state index contributed by atoms with van der Waals surface area (Å²) < 4.78 is 0.987. The number of carbonyl (C=O) groups is 1. The number of fused-ring (bicyclic) bond motifs is 1. The number of aryl methyl sites for hydroxylation is 2. The number of hydrogen-bond donors (Lipinski definition) is 0. The van der Waals surface area contributed by atoms with Gasteiger partial charge in [0.15, 0.2) is 5.13 Å². The summed E-state index contributed by atoms with van der Waals surface area (Å²) in [5, 5.41) is 11.8. The molecule has 8 heteroatoms. The lowest BCUT2D eigenvalue weighted by atomic mass is 10.1. The van der Waals surface area contributed by atoms with Crippen molar-refractivity contribution in [3.8, 4) is 0 Å². The number of nitro benzene ring substituents is 1. The van der Waals surface area contributed by atoms with Gasteiger partial charge in [0.05, 0.1) is 21.7 Å². The van der Waals surface area contributed by atoms with Gasteiger partial charge in [-0.05, 0) is 48.7 Å². The highest BCUT2D eigenvalue weighted by atomic mass is 35.5. The molecule has 0 aliphatic heterocycles.